The van der Waals surface area contributed by atoms with E-state index in [4.69, 9.17) is 5.73 Å². The maximum Gasteiger partial charge on any atom is 0.243 e. The van der Waals surface area contributed by atoms with E-state index in [9.17, 15) is 8.42 Å². The van der Waals surface area contributed by atoms with Crippen LogP contribution in [-0.4, -0.2) is 31.4 Å². The summed E-state index contributed by atoms with van der Waals surface area (Å²) in [6.07, 6.45) is 1.44. The fourth-order valence-corrected chi connectivity index (χ4v) is 5.11. The van der Waals surface area contributed by atoms with Gasteiger partial charge in [0, 0.05) is 23.1 Å². The number of halogens is 1. The van der Waals surface area contributed by atoms with Crippen LogP contribution in [0.3, 0.4) is 0 Å². The number of hydrogen-bond donors (Lipinski definition) is 1. The van der Waals surface area contributed by atoms with E-state index in [0.29, 0.717) is 17.9 Å². The van der Waals surface area contributed by atoms with Gasteiger partial charge in [0.1, 0.15) is 0 Å². The Kier molecular flexibility index (Phi) is 4.59. The highest BCUT2D eigenvalue weighted by molar-refractivity contribution is 9.10. The average molecular weight is 361 g/mol. The number of rotatable bonds is 2. The molecule has 2 N–H and O–H groups in total. The summed E-state index contributed by atoms with van der Waals surface area (Å²) in [4.78, 5) is 0.403. The second kappa shape index (κ2) is 5.75. The average Bonchev–Trinajstić information content (AvgIpc) is 2.33. The highest BCUT2D eigenvalue weighted by atomic mass is 79.9. The largest absolute Gasteiger partial charge is 0.328 e. The Morgan fingerprint density at radius 1 is 1.30 bits per heavy atom. The second-order valence-electron chi connectivity index (χ2n) is 5.62. The number of sulfonamides is 1. The highest BCUT2D eigenvalue weighted by Gasteiger charge is 2.34. The topological polar surface area (TPSA) is 63.4 Å². The molecular weight excluding hydrogens is 340 g/mol. The molecule has 2 rings (SSSR count). The van der Waals surface area contributed by atoms with Crippen LogP contribution in [0.4, 0.5) is 0 Å². The van der Waals surface area contributed by atoms with Gasteiger partial charge in [-0.1, -0.05) is 15.9 Å². The molecule has 0 bridgehead atoms. The Morgan fingerprint density at radius 2 is 1.95 bits per heavy atom. The van der Waals surface area contributed by atoms with Crippen molar-refractivity contribution in [3.05, 3.63) is 27.7 Å². The maximum absolute atomic E-state index is 12.9. The lowest BCUT2D eigenvalue weighted by Gasteiger charge is -2.35. The van der Waals surface area contributed by atoms with Crippen molar-refractivity contribution >= 4 is 26.0 Å². The fourth-order valence-electron chi connectivity index (χ4n) is 2.70. The molecule has 4 nitrogen and oxygen atoms in total. The first-order chi connectivity index (χ1) is 9.23. The van der Waals surface area contributed by atoms with Crippen LogP contribution in [0.5, 0.6) is 0 Å². The van der Waals surface area contributed by atoms with Crippen molar-refractivity contribution in [2.24, 2.45) is 5.73 Å². The van der Waals surface area contributed by atoms with Gasteiger partial charge in [0.2, 0.25) is 10.0 Å². The van der Waals surface area contributed by atoms with E-state index in [1.54, 1.807) is 10.4 Å². The number of aryl methyl sites for hydroxylation is 2. The van der Waals surface area contributed by atoms with Crippen LogP contribution in [0, 0.1) is 13.8 Å². The zero-order valence-electron chi connectivity index (χ0n) is 12.1. The Hall–Kier alpha value is -0.430. The molecule has 20 heavy (non-hydrogen) atoms. The summed E-state index contributed by atoms with van der Waals surface area (Å²) < 4.78 is 28.2. The fraction of sp³-hybridized carbons (Fsp3) is 0.571. The number of nitrogens with two attached hydrogens (primary N) is 1. The summed E-state index contributed by atoms with van der Waals surface area (Å²) in [6, 6.07) is 3.66. The van der Waals surface area contributed by atoms with Gasteiger partial charge in [0.05, 0.1) is 4.90 Å². The summed E-state index contributed by atoms with van der Waals surface area (Å²) in [6.45, 7) is 6.16. The van der Waals surface area contributed by atoms with Crippen LogP contribution in [0.25, 0.3) is 0 Å². The molecule has 1 aromatic rings. The lowest BCUT2D eigenvalue weighted by molar-refractivity contribution is 0.247. The molecular formula is C14H21BrN2O2S. The molecule has 1 aromatic carbocycles. The molecule has 0 radical (unpaired) electrons. The first-order valence-corrected chi connectivity index (χ1v) is 9.01. The number of nitrogens with zero attached hydrogens (tertiary/aromatic N) is 1. The van der Waals surface area contributed by atoms with E-state index in [1.165, 1.54) is 0 Å². The maximum atomic E-state index is 12.9. The zero-order chi connectivity index (χ0) is 15.1. The number of piperidine rings is 1. The molecule has 1 heterocycles. The van der Waals surface area contributed by atoms with Crippen molar-refractivity contribution in [2.75, 3.05) is 6.54 Å². The van der Waals surface area contributed by atoms with Crippen LogP contribution >= 0.6 is 15.9 Å². The molecule has 1 aliphatic heterocycles. The highest BCUT2D eigenvalue weighted by Crippen LogP contribution is 2.29. The van der Waals surface area contributed by atoms with Crippen molar-refractivity contribution in [1.29, 1.82) is 0 Å². The minimum Gasteiger partial charge on any atom is -0.328 e. The first kappa shape index (κ1) is 15.9. The van der Waals surface area contributed by atoms with Crippen molar-refractivity contribution in [1.82, 2.24) is 4.31 Å². The molecule has 1 fully saturated rings. The summed E-state index contributed by atoms with van der Waals surface area (Å²) in [5.41, 5.74) is 7.61. The van der Waals surface area contributed by atoms with Gasteiger partial charge < -0.3 is 5.73 Å². The van der Waals surface area contributed by atoms with E-state index >= 15 is 0 Å². The third-order valence-electron chi connectivity index (χ3n) is 3.90. The second-order valence-corrected chi connectivity index (χ2v) is 8.33. The minimum absolute atomic E-state index is 0.0490. The molecule has 0 aromatic heterocycles. The molecule has 0 spiro atoms. The normalized spacial score (nSPS) is 24.9. The van der Waals surface area contributed by atoms with Crippen LogP contribution in [-0.2, 0) is 10.0 Å². The summed E-state index contributed by atoms with van der Waals surface area (Å²) in [7, 11) is -3.45. The number of benzene rings is 1. The van der Waals surface area contributed by atoms with Gasteiger partial charge in [0.15, 0.2) is 0 Å². The van der Waals surface area contributed by atoms with Crippen molar-refractivity contribution < 1.29 is 8.42 Å². The predicted octanol–water partition coefficient (Wildman–Crippen LogP) is 2.57. The standard InChI is InChI=1S/C14H21BrN2O2S/c1-9-7-14(10(2)6-13(9)15)20(18,19)17-5-4-12(16)8-11(17)3/h6-7,11-12H,4-5,8,16H2,1-3H3. The lowest BCUT2D eigenvalue weighted by Crippen LogP contribution is -2.48. The van der Waals surface area contributed by atoms with E-state index in [0.717, 1.165) is 22.0 Å². The smallest absolute Gasteiger partial charge is 0.243 e. The van der Waals surface area contributed by atoms with Crippen molar-refractivity contribution in [3.8, 4) is 0 Å². The van der Waals surface area contributed by atoms with Crippen LogP contribution in [0.1, 0.15) is 30.9 Å². The summed E-state index contributed by atoms with van der Waals surface area (Å²) in [5, 5.41) is 0. The Morgan fingerprint density at radius 3 is 2.55 bits per heavy atom. The van der Waals surface area contributed by atoms with Gasteiger partial charge in [-0.25, -0.2) is 8.42 Å². The molecule has 112 valence electrons. The van der Waals surface area contributed by atoms with Gasteiger partial charge in [-0.3, -0.25) is 0 Å². The Balaban J connectivity index is 2.43. The molecule has 0 saturated carbocycles. The molecule has 1 saturated heterocycles. The monoisotopic (exact) mass is 360 g/mol. The van der Waals surface area contributed by atoms with Crippen LogP contribution in [0.2, 0.25) is 0 Å². The van der Waals surface area contributed by atoms with Crippen molar-refractivity contribution in [2.45, 2.75) is 50.6 Å². The van der Waals surface area contributed by atoms with Gasteiger partial charge in [-0.2, -0.15) is 4.31 Å². The minimum atomic E-state index is -3.45. The quantitative estimate of drug-likeness (QED) is 0.881. The van der Waals surface area contributed by atoms with Gasteiger partial charge in [0.25, 0.3) is 0 Å². The van der Waals surface area contributed by atoms with E-state index in [1.807, 2.05) is 26.8 Å². The molecule has 6 heteroatoms. The van der Waals surface area contributed by atoms with Crippen LogP contribution < -0.4 is 5.73 Å². The zero-order valence-corrected chi connectivity index (χ0v) is 14.5. The SMILES string of the molecule is Cc1cc(S(=O)(=O)N2CCC(N)CC2C)c(C)cc1Br. The van der Waals surface area contributed by atoms with E-state index in [2.05, 4.69) is 15.9 Å². The molecule has 0 amide bonds. The van der Waals surface area contributed by atoms with Gasteiger partial charge in [-0.15, -0.1) is 0 Å². The van der Waals surface area contributed by atoms with Crippen molar-refractivity contribution in [3.63, 3.8) is 0 Å². The summed E-state index contributed by atoms with van der Waals surface area (Å²) in [5.74, 6) is 0. The van der Waals surface area contributed by atoms with Gasteiger partial charge >= 0.3 is 0 Å². The predicted molar refractivity (Wildman–Crippen MR) is 84.2 cm³/mol. The third kappa shape index (κ3) is 2.93. The third-order valence-corrected chi connectivity index (χ3v) is 6.91. The Bertz CT molecular complexity index is 616. The van der Waals surface area contributed by atoms with Crippen LogP contribution in [0.15, 0.2) is 21.5 Å². The van der Waals surface area contributed by atoms with Gasteiger partial charge in [-0.05, 0) is 56.9 Å². The molecule has 1 aliphatic rings. The molecule has 2 unspecified atom stereocenters. The summed E-state index contributed by atoms with van der Waals surface area (Å²) >= 11 is 3.44. The van der Waals surface area contributed by atoms with E-state index < -0.39 is 10.0 Å². The molecule has 2 atom stereocenters. The number of hydrogen-bond acceptors (Lipinski definition) is 3. The molecule has 0 aliphatic carbocycles. The first-order valence-electron chi connectivity index (χ1n) is 6.77. The van der Waals surface area contributed by atoms with E-state index in [-0.39, 0.29) is 12.1 Å². The Labute approximate surface area is 129 Å². The lowest BCUT2D eigenvalue weighted by atomic mass is 10.0.